The summed E-state index contributed by atoms with van der Waals surface area (Å²) in [5, 5.41) is 0. The normalized spacial score (nSPS) is 30.4. The quantitative estimate of drug-likeness (QED) is 0.545. The van der Waals surface area contributed by atoms with Gasteiger partial charge < -0.3 is 14.2 Å². The predicted molar refractivity (Wildman–Crippen MR) is 36.9 cm³/mol. The lowest BCUT2D eigenvalue weighted by Crippen LogP contribution is -2.22. The molecule has 0 aliphatic carbocycles. The first-order chi connectivity index (χ1) is 5.27. The van der Waals surface area contributed by atoms with E-state index in [-0.39, 0.29) is 12.3 Å². The first-order valence-corrected chi connectivity index (χ1v) is 3.54. The number of hydrogen-bond acceptors (Lipinski definition) is 4. The van der Waals surface area contributed by atoms with E-state index in [0.29, 0.717) is 6.42 Å². The van der Waals surface area contributed by atoms with Gasteiger partial charge in [-0.25, -0.2) is 4.79 Å². The van der Waals surface area contributed by atoms with E-state index in [2.05, 4.69) is 4.74 Å². The van der Waals surface area contributed by atoms with Crippen molar-refractivity contribution in [2.75, 3.05) is 14.2 Å². The van der Waals surface area contributed by atoms with Gasteiger partial charge in [0.25, 0.3) is 0 Å². The summed E-state index contributed by atoms with van der Waals surface area (Å²) < 4.78 is 14.6. The molecule has 0 saturated carbocycles. The molecule has 0 radical (unpaired) electrons. The zero-order valence-corrected chi connectivity index (χ0v) is 6.70. The third-order valence-electron chi connectivity index (χ3n) is 1.71. The molecule has 1 rings (SSSR count). The highest BCUT2D eigenvalue weighted by atomic mass is 16.7. The van der Waals surface area contributed by atoms with Crippen LogP contribution in [0.1, 0.15) is 12.8 Å². The summed E-state index contributed by atoms with van der Waals surface area (Å²) in [6.45, 7) is 0. The van der Waals surface area contributed by atoms with Crippen LogP contribution in [0.3, 0.4) is 0 Å². The highest BCUT2D eigenvalue weighted by Crippen LogP contribution is 2.20. The van der Waals surface area contributed by atoms with Gasteiger partial charge in [-0.1, -0.05) is 0 Å². The van der Waals surface area contributed by atoms with Crippen molar-refractivity contribution in [2.24, 2.45) is 0 Å². The lowest BCUT2D eigenvalue weighted by Gasteiger charge is -2.09. The van der Waals surface area contributed by atoms with Gasteiger partial charge in [0.15, 0.2) is 12.4 Å². The Kier molecular flexibility index (Phi) is 2.84. The molecule has 0 N–H and O–H groups in total. The topological polar surface area (TPSA) is 44.8 Å². The molecule has 4 heteroatoms. The minimum atomic E-state index is -0.426. The van der Waals surface area contributed by atoms with Crippen LogP contribution in [0.25, 0.3) is 0 Å². The molecule has 0 aromatic carbocycles. The van der Waals surface area contributed by atoms with Crippen LogP contribution in [0.15, 0.2) is 0 Å². The Labute approximate surface area is 65.4 Å². The maximum atomic E-state index is 10.9. The largest absolute Gasteiger partial charge is 0.467 e. The summed E-state index contributed by atoms with van der Waals surface area (Å²) in [5.41, 5.74) is 0. The Balaban J connectivity index is 2.35. The summed E-state index contributed by atoms with van der Waals surface area (Å²) in [5.74, 6) is -0.315. The molecule has 1 saturated heterocycles. The zero-order chi connectivity index (χ0) is 8.27. The number of rotatable bonds is 2. The summed E-state index contributed by atoms with van der Waals surface area (Å²) in [6.07, 6.45) is 0.783. The highest BCUT2D eigenvalue weighted by Gasteiger charge is 2.31. The molecule has 0 bridgehead atoms. The molecule has 1 aliphatic rings. The zero-order valence-electron chi connectivity index (χ0n) is 6.70. The van der Waals surface area contributed by atoms with Gasteiger partial charge in [0, 0.05) is 13.5 Å². The van der Waals surface area contributed by atoms with E-state index < -0.39 is 6.10 Å². The van der Waals surface area contributed by atoms with Gasteiger partial charge in [-0.15, -0.1) is 0 Å². The molecule has 0 aromatic rings. The average Bonchev–Trinajstić information content (AvgIpc) is 2.50. The Morgan fingerprint density at radius 2 is 2.18 bits per heavy atom. The van der Waals surface area contributed by atoms with Crippen molar-refractivity contribution >= 4 is 5.97 Å². The van der Waals surface area contributed by atoms with E-state index in [4.69, 9.17) is 9.47 Å². The third kappa shape index (κ3) is 1.91. The molecule has 0 spiro atoms. The van der Waals surface area contributed by atoms with Crippen LogP contribution in [0.5, 0.6) is 0 Å². The molecule has 1 heterocycles. The van der Waals surface area contributed by atoms with E-state index in [9.17, 15) is 4.79 Å². The van der Waals surface area contributed by atoms with Crippen LogP contribution in [0, 0.1) is 0 Å². The Morgan fingerprint density at radius 3 is 2.64 bits per heavy atom. The van der Waals surface area contributed by atoms with Crippen LogP contribution < -0.4 is 0 Å². The highest BCUT2D eigenvalue weighted by molar-refractivity contribution is 5.74. The molecule has 11 heavy (non-hydrogen) atoms. The van der Waals surface area contributed by atoms with Crippen LogP contribution in [-0.4, -0.2) is 32.6 Å². The van der Waals surface area contributed by atoms with Gasteiger partial charge in [0.2, 0.25) is 0 Å². The van der Waals surface area contributed by atoms with Crippen molar-refractivity contribution in [2.45, 2.75) is 25.2 Å². The van der Waals surface area contributed by atoms with Gasteiger partial charge >= 0.3 is 5.97 Å². The van der Waals surface area contributed by atoms with Gasteiger partial charge in [-0.2, -0.15) is 0 Å². The van der Waals surface area contributed by atoms with E-state index >= 15 is 0 Å². The van der Waals surface area contributed by atoms with Crippen molar-refractivity contribution in [3.05, 3.63) is 0 Å². The summed E-state index contributed by atoms with van der Waals surface area (Å²) in [4.78, 5) is 10.9. The molecule has 2 atom stereocenters. The molecule has 64 valence electrons. The number of ether oxygens (including phenoxy) is 3. The van der Waals surface area contributed by atoms with E-state index in [0.717, 1.165) is 6.42 Å². The van der Waals surface area contributed by atoms with Crippen molar-refractivity contribution in [3.8, 4) is 0 Å². The van der Waals surface area contributed by atoms with Gasteiger partial charge in [0.1, 0.15) is 0 Å². The standard InChI is InChI=1S/C7H12O4/c1-9-6-4-3-5(11-6)7(8)10-2/h5-6H,3-4H2,1-2H3/t5-,6+/m1/s1. The monoisotopic (exact) mass is 160 g/mol. The first kappa shape index (κ1) is 8.49. The smallest absolute Gasteiger partial charge is 0.335 e. The molecular weight excluding hydrogens is 148 g/mol. The molecule has 4 nitrogen and oxygen atoms in total. The molecule has 0 unspecified atom stereocenters. The van der Waals surface area contributed by atoms with Gasteiger partial charge in [0.05, 0.1) is 7.11 Å². The number of carbonyl (C=O) groups excluding carboxylic acids is 1. The lowest BCUT2D eigenvalue weighted by molar-refractivity contribution is -0.166. The fraction of sp³-hybridized carbons (Fsp3) is 0.857. The Morgan fingerprint density at radius 1 is 1.45 bits per heavy atom. The minimum Gasteiger partial charge on any atom is -0.467 e. The van der Waals surface area contributed by atoms with E-state index in [1.807, 2.05) is 0 Å². The minimum absolute atomic E-state index is 0.237. The lowest BCUT2D eigenvalue weighted by atomic mass is 10.2. The Bertz CT molecular complexity index is 145. The molecular formula is C7H12O4. The van der Waals surface area contributed by atoms with E-state index in [1.165, 1.54) is 7.11 Å². The fourth-order valence-corrected chi connectivity index (χ4v) is 1.09. The van der Waals surface area contributed by atoms with Crippen molar-refractivity contribution in [1.29, 1.82) is 0 Å². The van der Waals surface area contributed by atoms with Crippen molar-refractivity contribution in [1.82, 2.24) is 0 Å². The van der Waals surface area contributed by atoms with Gasteiger partial charge in [-0.3, -0.25) is 0 Å². The predicted octanol–water partition coefficient (Wildman–Crippen LogP) is 0.311. The summed E-state index contributed by atoms with van der Waals surface area (Å²) >= 11 is 0. The Hall–Kier alpha value is -0.610. The second kappa shape index (κ2) is 3.69. The molecule has 0 amide bonds. The maximum Gasteiger partial charge on any atom is 0.335 e. The number of esters is 1. The number of hydrogen-bond donors (Lipinski definition) is 0. The average molecular weight is 160 g/mol. The van der Waals surface area contributed by atoms with Crippen LogP contribution in [-0.2, 0) is 19.0 Å². The molecule has 0 aromatic heterocycles. The third-order valence-corrected chi connectivity index (χ3v) is 1.71. The van der Waals surface area contributed by atoms with Crippen molar-refractivity contribution < 1.29 is 19.0 Å². The van der Waals surface area contributed by atoms with Crippen LogP contribution >= 0.6 is 0 Å². The second-order valence-electron chi connectivity index (χ2n) is 2.39. The SMILES string of the molecule is COC(=O)[C@H]1CC[C@@H](OC)O1. The summed E-state index contributed by atoms with van der Waals surface area (Å²) in [7, 11) is 2.91. The first-order valence-electron chi connectivity index (χ1n) is 3.54. The summed E-state index contributed by atoms with van der Waals surface area (Å²) in [6, 6.07) is 0. The molecule has 1 aliphatic heterocycles. The molecule has 1 fully saturated rings. The maximum absolute atomic E-state index is 10.9. The van der Waals surface area contributed by atoms with Crippen LogP contribution in [0.4, 0.5) is 0 Å². The van der Waals surface area contributed by atoms with E-state index in [1.54, 1.807) is 7.11 Å². The van der Waals surface area contributed by atoms with Crippen LogP contribution in [0.2, 0.25) is 0 Å². The number of methoxy groups -OCH3 is 2. The second-order valence-corrected chi connectivity index (χ2v) is 2.39. The number of carbonyl (C=O) groups is 1. The van der Waals surface area contributed by atoms with Gasteiger partial charge in [-0.05, 0) is 6.42 Å². The van der Waals surface area contributed by atoms with Crippen molar-refractivity contribution in [3.63, 3.8) is 0 Å². The fourth-order valence-electron chi connectivity index (χ4n) is 1.09.